The maximum atomic E-state index is 11.5. The molecule has 0 atom stereocenters. The molecule has 2 N–H and O–H groups in total. The van der Waals surface area contributed by atoms with Gasteiger partial charge in [0, 0.05) is 12.1 Å². The number of benzene rings is 2. The SMILES string of the molecule is CCC(=O)NC(=S)Nc1cc2nn(-c3ccc(CC)cc3)nc2cc1C. The molecule has 7 heteroatoms. The van der Waals surface area contributed by atoms with Crippen molar-refractivity contribution in [1.29, 1.82) is 0 Å². The van der Waals surface area contributed by atoms with Gasteiger partial charge in [0.25, 0.3) is 0 Å². The fourth-order valence-electron chi connectivity index (χ4n) is 2.55. The Morgan fingerprint density at radius 3 is 2.38 bits per heavy atom. The Morgan fingerprint density at radius 2 is 1.77 bits per heavy atom. The van der Waals surface area contributed by atoms with Gasteiger partial charge in [0.2, 0.25) is 5.91 Å². The van der Waals surface area contributed by atoms with E-state index in [4.69, 9.17) is 12.2 Å². The Morgan fingerprint density at radius 1 is 1.12 bits per heavy atom. The summed E-state index contributed by atoms with van der Waals surface area (Å²) >= 11 is 5.18. The highest BCUT2D eigenvalue weighted by molar-refractivity contribution is 7.80. The summed E-state index contributed by atoms with van der Waals surface area (Å²) in [6.07, 6.45) is 1.38. The summed E-state index contributed by atoms with van der Waals surface area (Å²) < 4.78 is 0. The van der Waals surface area contributed by atoms with Gasteiger partial charge < -0.3 is 10.6 Å². The van der Waals surface area contributed by atoms with Crippen LogP contribution in [0.4, 0.5) is 5.69 Å². The van der Waals surface area contributed by atoms with Crippen molar-refractivity contribution < 1.29 is 4.79 Å². The summed E-state index contributed by atoms with van der Waals surface area (Å²) in [5.74, 6) is -0.122. The standard InChI is InChI=1S/C19H21N5OS/c1-4-13-6-8-14(9-7-13)24-22-16-10-12(3)15(11-17(16)23-24)20-19(26)21-18(25)5-2/h6-11H,4-5H2,1-3H3,(H2,20,21,25,26). The van der Waals surface area contributed by atoms with Crippen molar-refractivity contribution in [1.82, 2.24) is 20.3 Å². The van der Waals surface area contributed by atoms with E-state index in [-0.39, 0.29) is 11.0 Å². The van der Waals surface area contributed by atoms with Gasteiger partial charge >= 0.3 is 0 Å². The fraction of sp³-hybridized carbons (Fsp3) is 0.263. The van der Waals surface area contributed by atoms with Gasteiger partial charge in [0.15, 0.2) is 5.11 Å². The van der Waals surface area contributed by atoms with E-state index in [1.54, 1.807) is 11.7 Å². The van der Waals surface area contributed by atoms with E-state index in [0.29, 0.717) is 6.42 Å². The Bertz CT molecular complexity index is 962. The number of fused-ring (bicyclic) bond motifs is 1. The molecule has 0 bridgehead atoms. The Labute approximate surface area is 157 Å². The number of amides is 1. The zero-order chi connectivity index (χ0) is 18.7. The molecular weight excluding hydrogens is 346 g/mol. The topological polar surface area (TPSA) is 71.8 Å². The van der Waals surface area contributed by atoms with Gasteiger partial charge in [-0.3, -0.25) is 4.79 Å². The van der Waals surface area contributed by atoms with Gasteiger partial charge in [-0.05, 0) is 61.0 Å². The number of thiocarbonyl (C=S) groups is 1. The minimum Gasteiger partial charge on any atom is -0.332 e. The van der Waals surface area contributed by atoms with E-state index in [9.17, 15) is 4.79 Å². The van der Waals surface area contributed by atoms with Crippen LogP contribution >= 0.6 is 12.2 Å². The molecule has 0 aliphatic carbocycles. The van der Waals surface area contributed by atoms with E-state index >= 15 is 0 Å². The van der Waals surface area contributed by atoms with Crippen LogP contribution < -0.4 is 10.6 Å². The van der Waals surface area contributed by atoms with Crippen molar-refractivity contribution in [3.05, 3.63) is 47.5 Å². The van der Waals surface area contributed by atoms with Crippen molar-refractivity contribution in [3.8, 4) is 5.69 Å². The lowest BCUT2D eigenvalue weighted by Gasteiger charge is -2.10. The average Bonchev–Trinajstić information content (AvgIpc) is 3.04. The molecule has 0 spiro atoms. The van der Waals surface area contributed by atoms with Crippen molar-refractivity contribution in [3.63, 3.8) is 0 Å². The van der Waals surface area contributed by atoms with Gasteiger partial charge in [0.1, 0.15) is 11.0 Å². The van der Waals surface area contributed by atoms with Crippen LogP contribution in [0.3, 0.4) is 0 Å². The lowest BCUT2D eigenvalue weighted by atomic mass is 10.2. The van der Waals surface area contributed by atoms with Crippen LogP contribution in [0.25, 0.3) is 16.7 Å². The molecule has 3 aromatic rings. The molecule has 1 amide bonds. The smallest absolute Gasteiger partial charge is 0.225 e. The molecule has 1 aromatic heterocycles. The lowest BCUT2D eigenvalue weighted by Crippen LogP contribution is -2.33. The monoisotopic (exact) mass is 367 g/mol. The number of carbonyl (C=O) groups is 1. The molecule has 0 saturated carbocycles. The van der Waals surface area contributed by atoms with Gasteiger partial charge in [-0.15, -0.1) is 10.2 Å². The molecule has 0 aliphatic rings. The average molecular weight is 367 g/mol. The molecule has 0 unspecified atom stereocenters. The lowest BCUT2D eigenvalue weighted by molar-refractivity contribution is -0.119. The van der Waals surface area contributed by atoms with Crippen LogP contribution in [0, 0.1) is 6.92 Å². The van der Waals surface area contributed by atoms with E-state index in [0.717, 1.165) is 34.4 Å². The van der Waals surface area contributed by atoms with Crippen LogP contribution in [0.1, 0.15) is 31.4 Å². The van der Waals surface area contributed by atoms with E-state index in [1.165, 1.54) is 5.56 Å². The Hall–Kier alpha value is -2.80. The predicted molar refractivity (Wildman–Crippen MR) is 108 cm³/mol. The van der Waals surface area contributed by atoms with Crippen molar-refractivity contribution in [2.75, 3.05) is 5.32 Å². The molecule has 1 heterocycles. The summed E-state index contributed by atoms with van der Waals surface area (Å²) in [6.45, 7) is 5.86. The number of aryl methyl sites for hydroxylation is 2. The first-order valence-corrected chi connectivity index (χ1v) is 8.98. The molecule has 26 heavy (non-hydrogen) atoms. The molecule has 0 radical (unpaired) electrons. The number of nitrogens with one attached hydrogen (secondary N) is 2. The second kappa shape index (κ2) is 7.61. The summed E-state index contributed by atoms with van der Waals surface area (Å²) in [5.41, 5.74) is 5.51. The van der Waals surface area contributed by atoms with E-state index in [1.807, 2.05) is 31.2 Å². The van der Waals surface area contributed by atoms with Crippen LogP contribution in [-0.4, -0.2) is 26.0 Å². The highest BCUT2D eigenvalue weighted by atomic mass is 32.1. The largest absolute Gasteiger partial charge is 0.332 e. The molecule has 0 fully saturated rings. The number of rotatable bonds is 4. The quantitative estimate of drug-likeness (QED) is 0.691. The first-order valence-electron chi connectivity index (χ1n) is 8.58. The van der Waals surface area contributed by atoms with Gasteiger partial charge in [0.05, 0.1) is 5.69 Å². The highest BCUT2D eigenvalue weighted by Gasteiger charge is 2.10. The Balaban J connectivity index is 1.88. The molecular formula is C19H21N5OS. The van der Waals surface area contributed by atoms with Gasteiger partial charge in [-0.2, -0.15) is 4.80 Å². The normalized spacial score (nSPS) is 10.7. The molecule has 0 aliphatic heterocycles. The zero-order valence-electron chi connectivity index (χ0n) is 15.0. The fourth-order valence-corrected chi connectivity index (χ4v) is 2.78. The number of aromatic nitrogens is 3. The minimum atomic E-state index is -0.122. The van der Waals surface area contributed by atoms with Gasteiger partial charge in [-0.25, -0.2) is 0 Å². The summed E-state index contributed by atoms with van der Waals surface area (Å²) in [4.78, 5) is 13.1. The van der Waals surface area contributed by atoms with Gasteiger partial charge in [-0.1, -0.05) is 26.0 Å². The Kier molecular flexibility index (Phi) is 5.27. The van der Waals surface area contributed by atoms with Crippen LogP contribution in [0.2, 0.25) is 0 Å². The first kappa shape index (κ1) is 18.0. The third-order valence-electron chi connectivity index (χ3n) is 4.12. The second-order valence-corrected chi connectivity index (χ2v) is 6.43. The third-order valence-corrected chi connectivity index (χ3v) is 4.33. The summed E-state index contributed by atoms with van der Waals surface area (Å²) in [6, 6.07) is 12.0. The van der Waals surface area contributed by atoms with Crippen molar-refractivity contribution in [2.24, 2.45) is 0 Å². The third kappa shape index (κ3) is 3.88. The van der Waals surface area contributed by atoms with Crippen LogP contribution in [0.5, 0.6) is 0 Å². The predicted octanol–water partition coefficient (Wildman–Crippen LogP) is 3.51. The van der Waals surface area contributed by atoms with Crippen molar-refractivity contribution in [2.45, 2.75) is 33.6 Å². The van der Waals surface area contributed by atoms with Crippen molar-refractivity contribution >= 4 is 40.0 Å². The first-order chi connectivity index (χ1) is 12.5. The highest BCUT2D eigenvalue weighted by Crippen LogP contribution is 2.22. The number of hydrogen-bond acceptors (Lipinski definition) is 4. The number of hydrogen-bond donors (Lipinski definition) is 2. The number of nitrogens with zero attached hydrogens (tertiary/aromatic N) is 3. The summed E-state index contributed by atoms with van der Waals surface area (Å²) in [5, 5.41) is 15.1. The number of anilines is 1. The van der Waals surface area contributed by atoms with E-state index < -0.39 is 0 Å². The maximum absolute atomic E-state index is 11.5. The zero-order valence-corrected chi connectivity index (χ0v) is 15.9. The molecule has 6 nitrogen and oxygen atoms in total. The van der Waals surface area contributed by atoms with Crippen LogP contribution in [-0.2, 0) is 11.2 Å². The molecule has 134 valence electrons. The summed E-state index contributed by atoms with van der Waals surface area (Å²) in [7, 11) is 0. The molecule has 3 rings (SSSR count). The molecule has 2 aromatic carbocycles. The van der Waals surface area contributed by atoms with E-state index in [2.05, 4.69) is 39.9 Å². The minimum absolute atomic E-state index is 0.122. The maximum Gasteiger partial charge on any atom is 0.225 e. The molecule has 0 saturated heterocycles. The second-order valence-electron chi connectivity index (χ2n) is 6.02. The van der Waals surface area contributed by atoms with Crippen LogP contribution in [0.15, 0.2) is 36.4 Å². The number of carbonyl (C=O) groups excluding carboxylic acids is 1.